The molecular weight excluding hydrogens is 402 g/mol. The maximum absolute atomic E-state index is 12.4. The second kappa shape index (κ2) is 10.2. The number of hydrogen-bond acceptors (Lipinski definition) is 7. The van der Waals surface area contributed by atoms with Gasteiger partial charge in [0.05, 0.1) is 32.1 Å². The standard InChI is InChI=1S/C22H25N3O4S/c1-15-6-5-7-16(10-15)13-30-14-21(26)25(2)12-20-23-22(24-29-20)18-9-8-17(27-3)11-19(18)28-4/h5-11H,12-14H2,1-4H3. The molecule has 0 aliphatic rings. The van der Waals surface area contributed by atoms with Crippen LogP contribution in [0.25, 0.3) is 11.4 Å². The molecule has 0 fully saturated rings. The summed E-state index contributed by atoms with van der Waals surface area (Å²) < 4.78 is 15.9. The summed E-state index contributed by atoms with van der Waals surface area (Å²) in [5, 5.41) is 4.02. The lowest BCUT2D eigenvalue weighted by molar-refractivity contribution is -0.127. The van der Waals surface area contributed by atoms with E-state index in [1.165, 1.54) is 11.1 Å². The van der Waals surface area contributed by atoms with Crippen molar-refractivity contribution in [2.45, 2.75) is 19.2 Å². The van der Waals surface area contributed by atoms with Gasteiger partial charge >= 0.3 is 0 Å². The van der Waals surface area contributed by atoms with E-state index in [1.54, 1.807) is 50.1 Å². The Hall–Kier alpha value is -3.00. The van der Waals surface area contributed by atoms with Gasteiger partial charge in [-0.25, -0.2) is 0 Å². The van der Waals surface area contributed by atoms with Crippen molar-refractivity contribution in [2.75, 3.05) is 27.0 Å². The number of carbonyl (C=O) groups excluding carboxylic acids is 1. The number of methoxy groups -OCH3 is 2. The van der Waals surface area contributed by atoms with Crippen molar-refractivity contribution in [1.82, 2.24) is 15.0 Å². The Bertz CT molecular complexity index is 1010. The minimum Gasteiger partial charge on any atom is -0.497 e. The van der Waals surface area contributed by atoms with Crippen LogP contribution >= 0.6 is 11.8 Å². The summed E-state index contributed by atoms with van der Waals surface area (Å²) in [6.45, 7) is 2.31. The van der Waals surface area contributed by atoms with E-state index in [4.69, 9.17) is 14.0 Å². The van der Waals surface area contributed by atoms with Crippen LogP contribution in [0, 0.1) is 6.92 Å². The number of carbonyl (C=O) groups is 1. The van der Waals surface area contributed by atoms with E-state index in [-0.39, 0.29) is 12.5 Å². The molecule has 0 aliphatic carbocycles. The first-order valence-electron chi connectivity index (χ1n) is 9.42. The molecule has 0 bridgehead atoms. The van der Waals surface area contributed by atoms with Gasteiger partial charge < -0.3 is 18.9 Å². The third-order valence-electron chi connectivity index (χ3n) is 4.49. The van der Waals surface area contributed by atoms with E-state index in [2.05, 4.69) is 35.3 Å². The van der Waals surface area contributed by atoms with Crippen LogP contribution in [0.2, 0.25) is 0 Å². The highest BCUT2D eigenvalue weighted by molar-refractivity contribution is 7.99. The summed E-state index contributed by atoms with van der Waals surface area (Å²) in [5.41, 5.74) is 3.12. The molecule has 3 rings (SSSR count). The number of nitrogens with zero attached hydrogens (tertiary/aromatic N) is 3. The number of aromatic nitrogens is 2. The van der Waals surface area contributed by atoms with Crippen molar-refractivity contribution in [2.24, 2.45) is 0 Å². The molecule has 0 unspecified atom stereocenters. The Balaban J connectivity index is 1.56. The first-order chi connectivity index (χ1) is 14.5. The molecule has 0 N–H and O–H groups in total. The highest BCUT2D eigenvalue weighted by Crippen LogP contribution is 2.31. The molecule has 8 heteroatoms. The average molecular weight is 428 g/mol. The Labute approximate surface area is 180 Å². The minimum atomic E-state index is 0.00873. The third-order valence-corrected chi connectivity index (χ3v) is 5.48. The van der Waals surface area contributed by atoms with Crippen LogP contribution in [0.4, 0.5) is 0 Å². The molecule has 0 radical (unpaired) electrons. The summed E-state index contributed by atoms with van der Waals surface area (Å²) in [4.78, 5) is 18.4. The number of thioether (sulfide) groups is 1. The van der Waals surface area contributed by atoms with Gasteiger partial charge in [0.1, 0.15) is 11.5 Å². The molecule has 0 aliphatic heterocycles. The van der Waals surface area contributed by atoms with Gasteiger partial charge in [-0.2, -0.15) is 4.98 Å². The Morgan fingerprint density at radius 1 is 1.17 bits per heavy atom. The maximum Gasteiger partial charge on any atom is 0.246 e. The first-order valence-corrected chi connectivity index (χ1v) is 10.6. The monoisotopic (exact) mass is 427 g/mol. The molecule has 30 heavy (non-hydrogen) atoms. The van der Waals surface area contributed by atoms with Gasteiger partial charge in [-0.1, -0.05) is 35.0 Å². The molecule has 0 saturated heterocycles. The van der Waals surface area contributed by atoms with Crippen molar-refractivity contribution < 1.29 is 18.8 Å². The number of aryl methyl sites for hydroxylation is 1. The summed E-state index contributed by atoms with van der Waals surface area (Å²) in [6.07, 6.45) is 0. The van der Waals surface area contributed by atoms with Crippen LogP contribution in [-0.2, 0) is 17.1 Å². The minimum absolute atomic E-state index is 0.00873. The van der Waals surface area contributed by atoms with Crippen LogP contribution < -0.4 is 9.47 Å². The molecular formula is C22H25N3O4S. The lowest BCUT2D eigenvalue weighted by atomic mass is 10.2. The van der Waals surface area contributed by atoms with E-state index < -0.39 is 0 Å². The maximum atomic E-state index is 12.4. The molecule has 7 nitrogen and oxygen atoms in total. The molecule has 2 aromatic carbocycles. The largest absolute Gasteiger partial charge is 0.497 e. The lowest BCUT2D eigenvalue weighted by Crippen LogP contribution is -2.28. The van der Waals surface area contributed by atoms with Crippen LogP contribution in [0.5, 0.6) is 11.5 Å². The number of amides is 1. The SMILES string of the molecule is COc1ccc(-c2noc(CN(C)C(=O)CSCc3cccc(C)c3)n2)c(OC)c1. The van der Waals surface area contributed by atoms with Gasteiger partial charge in [-0.3, -0.25) is 4.79 Å². The topological polar surface area (TPSA) is 77.7 Å². The Kier molecular flexibility index (Phi) is 7.35. The number of rotatable bonds is 9. The molecule has 0 saturated carbocycles. The summed E-state index contributed by atoms with van der Waals surface area (Å²) in [6, 6.07) is 13.7. The quantitative estimate of drug-likeness (QED) is 0.512. The zero-order valence-corrected chi connectivity index (χ0v) is 18.4. The molecule has 1 heterocycles. The average Bonchev–Trinajstić information content (AvgIpc) is 3.21. The lowest BCUT2D eigenvalue weighted by Gasteiger charge is -2.14. The van der Waals surface area contributed by atoms with Gasteiger partial charge in [-0.05, 0) is 24.6 Å². The van der Waals surface area contributed by atoms with Crippen molar-refractivity contribution in [3.8, 4) is 22.9 Å². The fraction of sp³-hybridized carbons (Fsp3) is 0.318. The highest BCUT2D eigenvalue weighted by atomic mass is 32.2. The first kappa shape index (κ1) is 21.7. The molecule has 1 amide bonds. The summed E-state index contributed by atoms with van der Waals surface area (Å²) >= 11 is 1.59. The third kappa shape index (κ3) is 5.54. The van der Waals surface area contributed by atoms with E-state index in [0.29, 0.717) is 34.5 Å². The summed E-state index contributed by atoms with van der Waals surface area (Å²) in [7, 11) is 4.89. The number of benzene rings is 2. The van der Waals surface area contributed by atoms with Gasteiger partial charge in [-0.15, -0.1) is 11.8 Å². The van der Waals surface area contributed by atoms with Crippen LogP contribution in [0.3, 0.4) is 0 Å². The molecule has 158 valence electrons. The predicted octanol–water partition coefficient (Wildman–Crippen LogP) is 3.95. The van der Waals surface area contributed by atoms with Crippen molar-refractivity contribution >= 4 is 17.7 Å². The van der Waals surface area contributed by atoms with E-state index >= 15 is 0 Å². The highest BCUT2D eigenvalue weighted by Gasteiger charge is 2.17. The summed E-state index contributed by atoms with van der Waals surface area (Å²) in [5.74, 6) is 3.21. The smallest absolute Gasteiger partial charge is 0.246 e. The van der Waals surface area contributed by atoms with Crippen LogP contribution in [0.15, 0.2) is 47.0 Å². The van der Waals surface area contributed by atoms with E-state index in [9.17, 15) is 4.79 Å². The van der Waals surface area contributed by atoms with Crippen LogP contribution in [-0.4, -0.2) is 48.0 Å². The van der Waals surface area contributed by atoms with E-state index in [0.717, 1.165) is 5.75 Å². The van der Waals surface area contributed by atoms with Gasteiger partial charge in [0, 0.05) is 18.9 Å². The zero-order valence-electron chi connectivity index (χ0n) is 17.5. The number of hydrogen-bond donors (Lipinski definition) is 0. The fourth-order valence-electron chi connectivity index (χ4n) is 2.87. The molecule has 0 atom stereocenters. The second-order valence-corrected chi connectivity index (χ2v) is 7.80. The molecule has 3 aromatic rings. The molecule has 1 aromatic heterocycles. The van der Waals surface area contributed by atoms with Crippen molar-refractivity contribution in [1.29, 1.82) is 0 Å². The fourth-order valence-corrected chi connectivity index (χ4v) is 3.78. The normalized spacial score (nSPS) is 10.7. The Morgan fingerprint density at radius 3 is 2.73 bits per heavy atom. The number of ether oxygens (including phenoxy) is 2. The second-order valence-electron chi connectivity index (χ2n) is 6.81. The van der Waals surface area contributed by atoms with Gasteiger partial charge in [0.2, 0.25) is 17.6 Å². The Morgan fingerprint density at radius 2 is 2.00 bits per heavy atom. The van der Waals surface area contributed by atoms with Crippen molar-refractivity contribution in [3.63, 3.8) is 0 Å². The van der Waals surface area contributed by atoms with Gasteiger partial charge in [0.15, 0.2) is 0 Å². The molecule has 0 spiro atoms. The van der Waals surface area contributed by atoms with Crippen LogP contribution in [0.1, 0.15) is 17.0 Å². The zero-order chi connectivity index (χ0) is 21.5. The van der Waals surface area contributed by atoms with Crippen molar-refractivity contribution in [3.05, 3.63) is 59.5 Å². The predicted molar refractivity (Wildman–Crippen MR) is 117 cm³/mol. The van der Waals surface area contributed by atoms with E-state index in [1.807, 2.05) is 12.1 Å². The van der Waals surface area contributed by atoms with Gasteiger partial charge in [0.25, 0.3) is 0 Å².